The molecule has 1 saturated carbocycles. The van der Waals surface area contributed by atoms with E-state index in [4.69, 9.17) is 5.11 Å². The number of aliphatic carboxylic acids is 1. The molecule has 4 heteroatoms. The fourth-order valence-electron chi connectivity index (χ4n) is 2.46. The van der Waals surface area contributed by atoms with Crippen LogP contribution in [0.1, 0.15) is 51.9 Å². The number of unbranched alkanes of at least 4 members (excludes halogenated alkanes) is 1. The highest BCUT2D eigenvalue weighted by atomic mass is 16.4. The molecule has 0 aromatic rings. The van der Waals surface area contributed by atoms with Crippen LogP contribution in [0.5, 0.6) is 0 Å². The van der Waals surface area contributed by atoms with E-state index in [2.05, 4.69) is 12.2 Å². The van der Waals surface area contributed by atoms with Gasteiger partial charge in [0.05, 0.1) is 6.61 Å². The van der Waals surface area contributed by atoms with E-state index in [9.17, 15) is 9.90 Å². The molecule has 4 nitrogen and oxygen atoms in total. The summed E-state index contributed by atoms with van der Waals surface area (Å²) in [6, 6.07) is 0. The lowest BCUT2D eigenvalue weighted by Gasteiger charge is -2.39. The largest absolute Gasteiger partial charge is 0.481 e. The zero-order valence-electron chi connectivity index (χ0n) is 10.7. The van der Waals surface area contributed by atoms with E-state index < -0.39 is 5.97 Å². The second-order valence-electron chi connectivity index (χ2n) is 5.40. The maximum atomic E-state index is 10.4. The first-order chi connectivity index (χ1) is 8.08. The summed E-state index contributed by atoms with van der Waals surface area (Å²) in [4.78, 5) is 10.4. The Morgan fingerprint density at radius 3 is 2.53 bits per heavy atom. The lowest BCUT2D eigenvalue weighted by Crippen LogP contribution is -2.51. The smallest absolute Gasteiger partial charge is 0.303 e. The van der Waals surface area contributed by atoms with Gasteiger partial charge in [0.15, 0.2) is 0 Å². The third kappa shape index (κ3) is 5.04. The average Bonchev–Trinajstić information content (AvgIpc) is 2.31. The molecule has 100 valence electrons. The van der Waals surface area contributed by atoms with Gasteiger partial charge < -0.3 is 15.5 Å². The Labute approximate surface area is 103 Å². The van der Waals surface area contributed by atoms with Crippen LogP contribution < -0.4 is 5.32 Å². The molecule has 17 heavy (non-hydrogen) atoms. The van der Waals surface area contributed by atoms with E-state index in [0.29, 0.717) is 6.42 Å². The molecule has 0 radical (unpaired) electrons. The minimum absolute atomic E-state index is 0.101. The maximum Gasteiger partial charge on any atom is 0.303 e. The minimum Gasteiger partial charge on any atom is -0.481 e. The van der Waals surface area contributed by atoms with Crippen molar-refractivity contribution in [2.45, 2.75) is 57.4 Å². The van der Waals surface area contributed by atoms with Crippen molar-refractivity contribution < 1.29 is 15.0 Å². The highest BCUT2D eigenvalue weighted by Crippen LogP contribution is 2.31. The standard InChI is InChI=1S/C13H25NO3/c1-11-5-7-13(10-15,8-6-11)14-9-3-2-4-12(16)17/h11,14-15H,2-10H2,1H3,(H,16,17). The highest BCUT2D eigenvalue weighted by molar-refractivity contribution is 5.66. The van der Waals surface area contributed by atoms with Crippen LogP contribution in [0.2, 0.25) is 0 Å². The fourth-order valence-corrected chi connectivity index (χ4v) is 2.46. The Bertz CT molecular complexity index is 235. The van der Waals surface area contributed by atoms with Gasteiger partial charge in [-0.1, -0.05) is 6.92 Å². The van der Waals surface area contributed by atoms with Gasteiger partial charge in [-0.25, -0.2) is 0 Å². The highest BCUT2D eigenvalue weighted by Gasteiger charge is 2.32. The van der Waals surface area contributed by atoms with Crippen molar-refractivity contribution in [1.82, 2.24) is 5.32 Å². The van der Waals surface area contributed by atoms with Crippen LogP contribution in [-0.4, -0.2) is 34.9 Å². The average molecular weight is 243 g/mol. The molecule has 3 N–H and O–H groups in total. The van der Waals surface area contributed by atoms with E-state index in [1.807, 2.05) is 0 Å². The molecular weight excluding hydrogens is 218 g/mol. The molecule has 0 bridgehead atoms. The van der Waals surface area contributed by atoms with Gasteiger partial charge in [0, 0.05) is 12.0 Å². The van der Waals surface area contributed by atoms with E-state index in [0.717, 1.165) is 31.7 Å². The number of aliphatic hydroxyl groups is 1. The van der Waals surface area contributed by atoms with Crippen molar-refractivity contribution in [2.75, 3.05) is 13.2 Å². The number of aliphatic hydroxyl groups excluding tert-OH is 1. The summed E-state index contributed by atoms with van der Waals surface area (Å²) in [5, 5.41) is 21.5. The first-order valence-electron chi connectivity index (χ1n) is 6.66. The van der Waals surface area contributed by atoms with Crippen molar-refractivity contribution in [3.8, 4) is 0 Å². The molecule has 0 aromatic heterocycles. The number of hydrogen-bond acceptors (Lipinski definition) is 3. The molecule has 0 saturated heterocycles. The molecule has 0 aromatic carbocycles. The van der Waals surface area contributed by atoms with Gasteiger partial charge in [0.25, 0.3) is 0 Å². The second kappa shape index (κ2) is 6.97. The first-order valence-corrected chi connectivity index (χ1v) is 6.66. The molecule has 1 aliphatic rings. The van der Waals surface area contributed by atoms with Gasteiger partial charge in [-0.15, -0.1) is 0 Å². The Morgan fingerprint density at radius 1 is 1.35 bits per heavy atom. The van der Waals surface area contributed by atoms with E-state index in [1.165, 1.54) is 12.8 Å². The first kappa shape index (κ1) is 14.5. The molecule has 0 amide bonds. The zero-order chi connectivity index (χ0) is 12.7. The predicted molar refractivity (Wildman–Crippen MR) is 66.9 cm³/mol. The Hall–Kier alpha value is -0.610. The van der Waals surface area contributed by atoms with Gasteiger partial charge in [-0.2, -0.15) is 0 Å². The third-order valence-corrected chi connectivity index (χ3v) is 3.85. The Balaban J connectivity index is 2.20. The van der Waals surface area contributed by atoms with Crippen molar-refractivity contribution >= 4 is 5.97 Å². The van der Waals surface area contributed by atoms with E-state index in [-0.39, 0.29) is 18.6 Å². The number of rotatable bonds is 7. The molecule has 1 aliphatic carbocycles. The number of carboxylic acid groups (broad SMARTS) is 1. The molecule has 1 rings (SSSR count). The van der Waals surface area contributed by atoms with Crippen LogP contribution in [0.3, 0.4) is 0 Å². The maximum absolute atomic E-state index is 10.4. The van der Waals surface area contributed by atoms with Crippen LogP contribution in [0.4, 0.5) is 0 Å². The summed E-state index contributed by atoms with van der Waals surface area (Å²) >= 11 is 0. The van der Waals surface area contributed by atoms with Gasteiger partial charge in [0.1, 0.15) is 0 Å². The van der Waals surface area contributed by atoms with Crippen molar-refractivity contribution in [2.24, 2.45) is 5.92 Å². The molecule has 0 aliphatic heterocycles. The van der Waals surface area contributed by atoms with Crippen molar-refractivity contribution in [1.29, 1.82) is 0 Å². The SMILES string of the molecule is CC1CCC(CO)(NCCCCC(=O)O)CC1. The van der Waals surface area contributed by atoms with Gasteiger partial charge >= 0.3 is 5.97 Å². The molecule has 0 atom stereocenters. The summed E-state index contributed by atoms with van der Waals surface area (Å²) in [7, 11) is 0. The molecular formula is C13H25NO3. The summed E-state index contributed by atoms with van der Waals surface area (Å²) in [5.41, 5.74) is -0.101. The monoisotopic (exact) mass is 243 g/mol. The van der Waals surface area contributed by atoms with E-state index >= 15 is 0 Å². The van der Waals surface area contributed by atoms with Crippen LogP contribution in [0.25, 0.3) is 0 Å². The van der Waals surface area contributed by atoms with Crippen molar-refractivity contribution in [3.63, 3.8) is 0 Å². The topological polar surface area (TPSA) is 69.6 Å². The van der Waals surface area contributed by atoms with Gasteiger partial charge in [-0.05, 0) is 51.0 Å². The zero-order valence-corrected chi connectivity index (χ0v) is 10.7. The van der Waals surface area contributed by atoms with Crippen LogP contribution in [0.15, 0.2) is 0 Å². The number of hydrogen-bond donors (Lipinski definition) is 3. The van der Waals surface area contributed by atoms with E-state index in [1.54, 1.807) is 0 Å². The summed E-state index contributed by atoms with van der Waals surface area (Å²) in [6.45, 7) is 3.26. The van der Waals surface area contributed by atoms with Crippen molar-refractivity contribution in [3.05, 3.63) is 0 Å². The van der Waals surface area contributed by atoms with Gasteiger partial charge in [-0.3, -0.25) is 4.79 Å². The normalized spacial score (nSPS) is 29.2. The summed E-state index contributed by atoms with van der Waals surface area (Å²) in [6.07, 6.45) is 6.22. The Morgan fingerprint density at radius 2 is 2.00 bits per heavy atom. The molecule has 0 unspecified atom stereocenters. The van der Waals surface area contributed by atoms with Crippen LogP contribution >= 0.6 is 0 Å². The third-order valence-electron chi connectivity index (χ3n) is 3.85. The fraction of sp³-hybridized carbons (Fsp3) is 0.923. The summed E-state index contributed by atoms with van der Waals surface area (Å²) < 4.78 is 0. The Kier molecular flexibility index (Phi) is 5.92. The second-order valence-corrected chi connectivity index (χ2v) is 5.40. The van der Waals surface area contributed by atoms with Crippen LogP contribution in [-0.2, 0) is 4.79 Å². The quantitative estimate of drug-likeness (QED) is 0.596. The molecule has 1 fully saturated rings. The predicted octanol–water partition coefficient (Wildman–Crippen LogP) is 1.77. The van der Waals surface area contributed by atoms with Crippen LogP contribution in [0, 0.1) is 5.92 Å². The number of carbonyl (C=O) groups is 1. The molecule has 0 spiro atoms. The minimum atomic E-state index is -0.728. The number of carboxylic acids is 1. The molecule has 0 heterocycles. The number of nitrogens with one attached hydrogen (secondary N) is 1. The lowest BCUT2D eigenvalue weighted by atomic mass is 9.77. The van der Waals surface area contributed by atoms with Gasteiger partial charge in [0.2, 0.25) is 0 Å². The summed E-state index contributed by atoms with van der Waals surface area (Å²) in [5.74, 6) is 0.0387. The lowest BCUT2D eigenvalue weighted by molar-refractivity contribution is -0.137.